The molecule has 2 aliphatic carbocycles. The summed E-state index contributed by atoms with van der Waals surface area (Å²) >= 11 is 0. The van der Waals surface area contributed by atoms with Gasteiger partial charge in [0.1, 0.15) is 0 Å². The van der Waals surface area contributed by atoms with Gasteiger partial charge in [-0.05, 0) is 62.5 Å². The number of rotatable bonds is 13. The Bertz CT molecular complexity index is 742. The van der Waals surface area contributed by atoms with E-state index in [1.54, 1.807) is 24.3 Å². The molecule has 0 heterocycles. The fraction of sp³-hybridized carbons (Fsp3) is 0.652. The maximum Gasteiger partial charge on any atom is 0.297 e. The van der Waals surface area contributed by atoms with Crippen molar-refractivity contribution >= 4 is 10.1 Å². The molecule has 1 unspecified atom stereocenters. The molecule has 3 atom stereocenters. The molecule has 0 N–H and O–H groups in total. The molecule has 0 bridgehead atoms. The molecule has 0 amide bonds. The van der Waals surface area contributed by atoms with Gasteiger partial charge in [-0.1, -0.05) is 29.8 Å². The average molecular weight is 439 g/mol. The van der Waals surface area contributed by atoms with Crippen LogP contribution in [0.3, 0.4) is 0 Å². The molecule has 1 saturated carbocycles. The summed E-state index contributed by atoms with van der Waals surface area (Å²) in [5, 5.41) is 0. The van der Waals surface area contributed by atoms with Crippen LogP contribution in [0.2, 0.25) is 0 Å². The first-order valence-electron chi connectivity index (χ1n) is 10.9. The van der Waals surface area contributed by atoms with E-state index in [2.05, 4.69) is 12.2 Å². The molecule has 0 radical (unpaired) electrons. The fourth-order valence-electron chi connectivity index (χ4n) is 4.08. The Balaban J connectivity index is 1.14. The number of benzene rings is 1. The number of allylic oxidation sites excluding steroid dienone is 2. The monoisotopic (exact) mass is 438 g/mol. The molecule has 0 saturated heterocycles. The van der Waals surface area contributed by atoms with Crippen LogP contribution in [0, 0.1) is 24.7 Å². The first-order valence-corrected chi connectivity index (χ1v) is 12.3. The van der Waals surface area contributed by atoms with Gasteiger partial charge in [0.2, 0.25) is 0 Å². The Morgan fingerprint density at radius 1 is 0.800 bits per heavy atom. The van der Waals surface area contributed by atoms with Crippen molar-refractivity contribution in [3.05, 3.63) is 42.0 Å². The van der Waals surface area contributed by atoms with Gasteiger partial charge in [-0.25, -0.2) is 0 Å². The minimum atomic E-state index is -3.73. The molecule has 168 valence electrons. The highest BCUT2D eigenvalue weighted by atomic mass is 32.2. The van der Waals surface area contributed by atoms with Crippen LogP contribution >= 0.6 is 0 Å². The lowest BCUT2D eigenvalue weighted by atomic mass is 10.1. The smallest absolute Gasteiger partial charge is 0.297 e. The van der Waals surface area contributed by atoms with E-state index in [4.69, 9.17) is 18.4 Å². The predicted molar refractivity (Wildman–Crippen MR) is 115 cm³/mol. The molecule has 1 aromatic rings. The second kappa shape index (κ2) is 12.0. The van der Waals surface area contributed by atoms with E-state index in [0.29, 0.717) is 26.4 Å². The molecule has 3 rings (SSSR count). The van der Waals surface area contributed by atoms with E-state index in [9.17, 15) is 8.42 Å². The lowest BCUT2D eigenvalue weighted by Gasteiger charge is -2.08. The highest BCUT2D eigenvalue weighted by Gasteiger charge is 2.48. The quantitative estimate of drug-likeness (QED) is 0.265. The molecular weight excluding hydrogens is 404 g/mol. The largest absolute Gasteiger partial charge is 0.379 e. The van der Waals surface area contributed by atoms with Gasteiger partial charge in [0.25, 0.3) is 10.1 Å². The zero-order valence-corrected chi connectivity index (χ0v) is 18.6. The summed E-state index contributed by atoms with van der Waals surface area (Å²) in [5.74, 6) is 2.46. The average Bonchev–Trinajstić information content (AvgIpc) is 3.35. The third-order valence-electron chi connectivity index (χ3n) is 5.84. The van der Waals surface area contributed by atoms with Crippen molar-refractivity contribution in [2.45, 2.75) is 37.5 Å². The molecule has 7 heteroatoms. The van der Waals surface area contributed by atoms with Gasteiger partial charge in [-0.3, -0.25) is 4.18 Å². The molecule has 2 aliphatic rings. The van der Waals surface area contributed by atoms with Crippen LogP contribution in [-0.2, 0) is 28.5 Å². The molecule has 0 aliphatic heterocycles. The van der Waals surface area contributed by atoms with Crippen LogP contribution in [0.25, 0.3) is 0 Å². The number of ether oxygens (including phenoxy) is 3. The third kappa shape index (κ3) is 7.46. The van der Waals surface area contributed by atoms with Crippen molar-refractivity contribution < 1.29 is 26.8 Å². The van der Waals surface area contributed by atoms with E-state index in [1.807, 2.05) is 6.92 Å². The van der Waals surface area contributed by atoms with Crippen molar-refractivity contribution in [1.29, 1.82) is 0 Å². The Hall–Kier alpha value is -1.25. The molecule has 0 aromatic heterocycles. The molecular formula is C23H34O6S. The van der Waals surface area contributed by atoms with E-state index >= 15 is 0 Å². The second-order valence-electron chi connectivity index (χ2n) is 8.01. The van der Waals surface area contributed by atoms with Gasteiger partial charge in [0.15, 0.2) is 0 Å². The summed E-state index contributed by atoms with van der Waals surface area (Å²) in [6, 6.07) is 6.56. The van der Waals surface area contributed by atoms with Crippen molar-refractivity contribution in [3.63, 3.8) is 0 Å². The van der Waals surface area contributed by atoms with Crippen LogP contribution in [0.5, 0.6) is 0 Å². The molecule has 0 spiro atoms. The Labute approximate surface area is 180 Å². The third-order valence-corrected chi connectivity index (χ3v) is 7.17. The highest BCUT2D eigenvalue weighted by molar-refractivity contribution is 7.86. The van der Waals surface area contributed by atoms with Crippen LogP contribution in [-0.4, -0.2) is 54.7 Å². The first-order chi connectivity index (χ1) is 14.6. The number of aryl methyl sites for hydroxylation is 1. The Morgan fingerprint density at radius 2 is 1.33 bits per heavy atom. The number of fused-ring (bicyclic) bond motifs is 1. The topological polar surface area (TPSA) is 71.1 Å². The van der Waals surface area contributed by atoms with Crippen molar-refractivity contribution in [2.75, 3.05) is 46.2 Å². The summed E-state index contributed by atoms with van der Waals surface area (Å²) in [7, 11) is -3.73. The van der Waals surface area contributed by atoms with Crippen molar-refractivity contribution in [1.82, 2.24) is 0 Å². The second-order valence-corrected chi connectivity index (χ2v) is 9.62. The summed E-state index contributed by atoms with van der Waals surface area (Å²) in [5.41, 5.74) is 0.997. The zero-order chi connectivity index (χ0) is 21.2. The number of hydrogen-bond acceptors (Lipinski definition) is 6. The lowest BCUT2D eigenvalue weighted by Crippen LogP contribution is -2.14. The molecule has 1 fully saturated rings. The maximum atomic E-state index is 12.0. The van der Waals surface area contributed by atoms with Crippen LogP contribution < -0.4 is 0 Å². The van der Waals surface area contributed by atoms with E-state index in [1.165, 1.54) is 25.7 Å². The molecule has 30 heavy (non-hydrogen) atoms. The first kappa shape index (κ1) is 23.4. The minimum Gasteiger partial charge on any atom is -0.379 e. The van der Waals surface area contributed by atoms with Gasteiger partial charge in [0.05, 0.1) is 51.1 Å². The van der Waals surface area contributed by atoms with Crippen LogP contribution in [0.4, 0.5) is 0 Å². The van der Waals surface area contributed by atoms with Gasteiger partial charge in [-0.15, -0.1) is 0 Å². The van der Waals surface area contributed by atoms with Gasteiger partial charge >= 0.3 is 0 Å². The van der Waals surface area contributed by atoms with E-state index < -0.39 is 10.1 Å². The minimum absolute atomic E-state index is 0.0153. The van der Waals surface area contributed by atoms with E-state index in [-0.39, 0.29) is 18.1 Å². The SMILES string of the molecule is Cc1ccc(S(=O)(=O)OCCOCCOCCOCC2[C@H]3CC/C=C/CC[C@@H]23)cc1. The summed E-state index contributed by atoms with van der Waals surface area (Å²) in [4.78, 5) is 0.157. The molecule has 1 aromatic carbocycles. The predicted octanol–water partition coefficient (Wildman–Crippen LogP) is 3.74. The van der Waals surface area contributed by atoms with Gasteiger partial charge in [0, 0.05) is 0 Å². The van der Waals surface area contributed by atoms with Crippen LogP contribution in [0.1, 0.15) is 31.2 Å². The Kier molecular flexibility index (Phi) is 9.33. The summed E-state index contributed by atoms with van der Waals surface area (Å²) in [6.45, 7) is 4.93. The van der Waals surface area contributed by atoms with Gasteiger partial charge in [-0.2, -0.15) is 8.42 Å². The highest BCUT2D eigenvalue weighted by Crippen LogP contribution is 2.52. The standard InChI is InChI=1S/C23H34O6S/c1-19-8-10-20(11-9-19)30(24,25)29-17-16-27-13-12-26-14-15-28-18-23-21-6-4-2-3-5-7-22(21)23/h2-3,8-11,21-23H,4-7,12-18H2,1H3/b3-2+/t21-,22+,23?. The summed E-state index contributed by atoms with van der Waals surface area (Å²) < 4.78 is 45.7. The molecule has 6 nitrogen and oxygen atoms in total. The zero-order valence-electron chi connectivity index (χ0n) is 17.8. The van der Waals surface area contributed by atoms with Crippen molar-refractivity contribution in [3.8, 4) is 0 Å². The van der Waals surface area contributed by atoms with Crippen molar-refractivity contribution in [2.24, 2.45) is 17.8 Å². The van der Waals surface area contributed by atoms with E-state index in [0.717, 1.165) is 29.9 Å². The normalized spacial score (nSPS) is 24.6. The van der Waals surface area contributed by atoms with Gasteiger partial charge < -0.3 is 14.2 Å². The lowest BCUT2D eigenvalue weighted by molar-refractivity contribution is 0.00690. The summed E-state index contributed by atoms with van der Waals surface area (Å²) in [6.07, 6.45) is 9.67. The maximum absolute atomic E-state index is 12.0. The van der Waals surface area contributed by atoms with Crippen LogP contribution in [0.15, 0.2) is 41.3 Å². The Morgan fingerprint density at radius 3 is 1.93 bits per heavy atom. The fourth-order valence-corrected chi connectivity index (χ4v) is 4.97. The number of hydrogen-bond donors (Lipinski definition) is 0.